The van der Waals surface area contributed by atoms with Crippen LogP contribution in [0.3, 0.4) is 0 Å². The van der Waals surface area contributed by atoms with E-state index < -0.39 is 62.6 Å². The molecule has 0 unspecified atom stereocenters. The van der Waals surface area contributed by atoms with Crippen molar-refractivity contribution in [3.63, 3.8) is 0 Å². The Morgan fingerprint density at radius 1 is 1.14 bits per heavy atom. The summed E-state index contributed by atoms with van der Waals surface area (Å²) in [6, 6.07) is 6.98. The molecule has 3 N–H and O–H groups in total. The molecule has 1 fully saturated rings. The number of pyridine rings is 1. The van der Waals surface area contributed by atoms with E-state index in [4.69, 9.17) is 4.42 Å². The van der Waals surface area contributed by atoms with Crippen LogP contribution in [-0.4, -0.2) is 39.1 Å². The Hall–Kier alpha value is -4.99. The van der Waals surface area contributed by atoms with E-state index in [1.807, 2.05) is 4.72 Å². The van der Waals surface area contributed by atoms with Crippen molar-refractivity contribution in [2.75, 3.05) is 0 Å². The van der Waals surface area contributed by atoms with Crippen molar-refractivity contribution in [2.24, 2.45) is 0 Å². The number of hydrogen-bond acceptors (Lipinski definition) is 6. The highest BCUT2D eigenvalue weighted by Crippen LogP contribution is 2.41. The Morgan fingerprint density at radius 3 is 2.61 bits per heavy atom. The molecule has 4 aromatic heterocycles. The van der Waals surface area contributed by atoms with Crippen molar-refractivity contribution < 1.29 is 39.6 Å². The molecule has 1 aliphatic rings. The van der Waals surface area contributed by atoms with E-state index in [0.29, 0.717) is 12.8 Å². The standard InChI is InChI=1S/C28H18F5N5O5S/c29-16-9-19-18(35-27(36-19)28(31,32)33)8-12(16)11-38-20-10-17(30)14-5-7-43-24(14)22(20)21(15-2-1-6-34-25(15)39)23(38)26(40)37-44(41,42)13-3-4-13/h1-2,5-10,13H,3-4,11H2,(H,34,39)(H,35,36)(H,37,40). The SMILES string of the molecule is O=C(NS(=O)(=O)C1CC1)c1c(-c2ccc[nH]c2=O)c2c3occc3c(F)cc2n1Cc1cc2[nH]c(C(F)(F)F)nc2cc1F. The fourth-order valence-electron chi connectivity index (χ4n) is 5.33. The number of benzene rings is 2. The average molecular weight is 632 g/mol. The molecule has 0 bridgehead atoms. The van der Waals surface area contributed by atoms with E-state index in [2.05, 4.69) is 15.0 Å². The Balaban J connectivity index is 1.53. The van der Waals surface area contributed by atoms with Crippen LogP contribution in [0.2, 0.25) is 0 Å². The minimum Gasteiger partial charge on any atom is -0.463 e. The van der Waals surface area contributed by atoms with E-state index in [1.54, 1.807) is 0 Å². The molecule has 4 heterocycles. The topological polar surface area (TPSA) is 143 Å². The number of hydrogen-bond donors (Lipinski definition) is 3. The maximum Gasteiger partial charge on any atom is 0.449 e. The monoisotopic (exact) mass is 631 g/mol. The molecule has 0 aliphatic heterocycles. The number of halogens is 5. The number of nitrogens with one attached hydrogen (secondary N) is 3. The number of aromatic nitrogens is 4. The molecule has 0 spiro atoms. The number of alkyl halides is 3. The Labute approximate surface area is 242 Å². The summed E-state index contributed by atoms with van der Waals surface area (Å²) in [4.78, 5) is 34.9. The van der Waals surface area contributed by atoms with Gasteiger partial charge in [0.15, 0.2) is 0 Å². The van der Waals surface area contributed by atoms with Crippen LogP contribution < -0.4 is 10.3 Å². The van der Waals surface area contributed by atoms with Crippen molar-refractivity contribution in [1.29, 1.82) is 0 Å². The van der Waals surface area contributed by atoms with Crippen LogP contribution >= 0.6 is 0 Å². The molecule has 0 atom stereocenters. The van der Waals surface area contributed by atoms with Gasteiger partial charge in [-0.3, -0.25) is 9.59 Å². The number of sulfonamides is 1. The summed E-state index contributed by atoms with van der Waals surface area (Å²) >= 11 is 0. The number of rotatable bonds is 6. The summed E-state index contributed by atoms with van der Waals surface area (Å²) in [7, 11) is -4.15. The number of amides is 1. The molecule has 44 heavy (non-hydrogen) atoms. The normalized spacial score (nSPS) is 14.2. The summed E-state index contributed by atoms with van der Waals surface area (Å²) in [5.41, 5.74) is -2.23. The van der Waals surface area contributed by atoms with Crippen LogP contribution in [0.1, 0.15) is 34.7 Å². The molecule has 6 aromatic rings. The van der Waals surface area contributed by atoms with Crippen LogP contribution in [0.5, 0.6) is 0 Å². The van der Waals surface area contributed by atoms with Gasteiger partial charge >= 0.3 is 6.18 Å². The van der Waals surface area contributed by atoms with Gasteiger partial charge in [0.05, 0.1) is 50.9 Å². The van der Waals surface area contributed by atoms with Gasteiger partial charge in [0, 0.05) is 23.4 Å². The molecule has 0 saturated heterocycles. The first-order valence-electron chi connectivity index (χ1n) is 13.0. The van der Waals surface area contributed by atoms with Crippen molar-refractivity contribution in [2.45, 2.75) is 30.8 Å². The second-order valence-electron chi connectivity index (χ2n) is 10.4. The third kappa shape index (κ3) is 4.44. The summed E-state index contributed by atoms with van der Waals surface area (Å²) in [5.74, 6) is -4.34. The second-order valence-corrected chi connectivity index (χ2v) is 12.3. The highest BCUT2D eigenvalue weighted by molar-refractivity contribution is 7.91. The quantitative estimate of drug-likeness (QED) is 0.216. The van der Waals surface area contributed by atoms with Crippen molar-refractivity contribution in [3.05, 3.63) is 87.9 Å². The van der Waals surface area contributed by atoms with Gasteiger partial charge in [-0.15, -0.1) is 0 Å². The molecular weight excluding hydrogens is 613 g/mol. The summed E-state index contributed by atoms with van der Waals surface area (Å²) in [5, 5.41) is -0.768. The molecule has 7 rings (SSSR count). The molecule has 1 saturated carbocycles. The van der Waals surface area contributed by atoms with Gasteiger partial charge in [-0.05, 0) is 43.2 Å². The minimum absolute atomic E-state index is 0.00874. The maximum absolute atomic E-state index is 15.4. The predicted octanol–water partition coefficient (Wildman–Crippen LogP) is 5.19. The van der Waals surface area contributed by atoms with E-state index in [1.165, 1.54) is 30.7 Å². The Bertz CT molecular complexity index is 2330. The summed E-state index contributed by atoms with van der Waals surface area (Å²) in [6.07, 6.45) is -1.68. The molecule has 16 heteroatoms. The zero-order valence-electron chi connectivity index (χ0n) is 22.1. The number of carbonyl (C=O) groups excluding carboxylic acids is 1. The number of aromatic amines is 2. The fraction of sp³-hybridized carbons (Fsp3) is 0.179. The van der Waals surface area contributed by atoms with Crippen LogP contribution in [0, 0.1) is 11.6 Å². The van der Waals surface area contributed by atoms with Crippen LogP contribution in [0.4, 0.5) is 22.0 Å². The molecule has 0 radical (unpaired) electrons. The average Bonchev–Trinajstić information content (AvgIpc) is 3.43. The summed E-state index contributed by atoms with van der Waals surface area (Å²) < 4.78 is 105. The highest BCUT2D eigenvalue weighted by atomic mass is 32.2. The maximum atomic E-state index is 15.4. The number of nitrogens with zero attached hydrogens (tertiary/aromatic N) is 2. The van der Waals surface area contributed by atoms with Gasteiger partial charge in [-0.25, -0.2) is 26.9 Å². The number of H-pyrrole nitrogens is 2. The molecule has 1 aliphatic carbocycles. The Kier molecular flexibility index (Phi) is 6.01. The molecular formula is C28H18F5N5O5S. The lowest BCUT2D eigenvalue weighted by atomic mass is 10.0. The zero-order valence-corrected chi connectivity index (χ0v) is 22.9. The first kappa shape index (κ1) is 27.8. The van der Waals surface area contributed by atoms with Crippen molar-refractivity contribution in [1.82, 2.24) is 24.2 Å². The van der Waals surface area contributed by atoms with E-state index in [0.717, 1.165) is 22.8 Å². The van der Waals surface area contributed by atoms with E-state index >= 15 is 8.78 Å². The molecule has 1 amide bonds. The Morgan fingerprint density at radius 2 is 1.91 bits per heavy atom. The van der Waals surface area contributed by atoms with Crippen LogP contribution in [0.15, 0.2) is 58.1 Å². The minimum atomic E-state index is -4.84. The molecule has 10 nitrogen and oxygen atoms in total. The number of furan rings is 1. The molecule has 226 valence electrons. The number of carbonyl (C=O) groups is 1. The third-order valence-corrected chi connectivity index (χ3v) is 9.28. The smallest absolute Gasteiger partial charge is 0.449 e. The fourth-order valence-corrected chi connectivity index (χ4v) is 6.61. The van der Waals surface area contributed by atoms with Crippen molar-refractivity contribution in [3.8, 4) is 11.1 Å². The van der Waals surface area contributed by atoms with Gasteiger partial charge in [0.2, 0.25) is 15.8 Å². The first-order valence-corrected chi connectivity index (χ1v) is 14.6. The summed E-state index contributed by atoms with van der Waals surface area (Å²) in [6.45, 7) is -0.596. The van der Waals surface area contributed by atoms with Gasteiger partial charge in [-0.2, -0.15) is 13.2 Å². The number of imidazole rings is 1. The highest BCUT2D eigenvalue weighted by Gasteiger charge is 2.39. The molecule has 2 aromatic carbocycles. The zero-order chi connectivity index (χ0) is 31.1. The lowest BCUT2D eigenvalue weighted by Gasteiger charge is -2.14. The predicted molar refractivity (Wildman–Crippen MR) is 147 cm³/mol. The van der Waals surface area contributed by atoms with Gasteiger partial charge in [0.1, 0.15) is 22.9 Å². The number of fused-ring (bicyclic) bond motifs is 4. The third-order valence-electron chi connectivity index (χ3n) is 7.46. The lowest BCUT2D eigenvalue weighted by Crippen LogP contribution is -2.35. The first-order chi connectivity index (χ1) is 20.8. The van der Waals surface area contributed by atoms with Gasteiger partial charge < -0.3 is 19.0 Å². The van der Waals surface area contributed by atoms with E-state index in [9.17, 15) is 31.2 Å². The van der Waals surface area contributed by atoms with Gasteiger partial charge in [0.25, 0.3) is 11.5 Å². The largest absolute Gasteiger partial charge is 0.463 e. The van der Waals surface area contributed by atoms with Crippen molar-refractivity contribution >= 4 is 48.8 Å². The lowest BCUT2D eigenvalue weighted by molar-refractivity contribution is -0.144. The van der Waals surface area contributed by atoms with E-state index in [-0.39, 0.29) is 49.6 Å². The van der Waals surface area contributed by atoms with Crippen LogP contribution in [0.25, 0.3) is 44.0 Å². The second kappa shape index (κ2) is 9.51. The van der Waals surface area contributed by atoms with Gasteiger partial charge in [-0.1, -0.05) is 0 Å². The van der Waals surface area contributed by atoms with Crippen LogP contribution in [-0.2, 0) is 22.7 Å².